The maximum atomic E-state index is 13.7. The molecular weight excluding hydrogens is 423 g/mol. The first-order valence-corrected chi connectivity index (χ1v) is 10.6. The summed E-state index contributed by atoms with van der Waals surface area (Å²) < 4.78 is 42.2. The Kier molecular flexibility index (Phi) is 5.49. The van der Waals surface area contributed by atoms with Crippen molar-refractivity contribution in [1.82, 2.24) is 14.8 Å². The quantitative estimate of drug-likeness (QED) is 0.736. The Morgan fingerprint density at radius 2 is 1.94 bits per heavy atom. The summed E-state index contributed by atoms with van der Waals surface area (Å²) in [5.74, 6) is -0.574. The van der Waals surface area contributed by atoms with Gasteiger partial charge in [-0.05, 0) is 43.6 Å². The maximum absolute atomic E-state index is 13.7. The molecule has 7 nitrogen and oxygen atoms in total. The van der Waals surface area contributed by atoms with E-state index in [1.165, 1.54) is 6.20 Å². The average Bonchev–Trinajstić information content (AvgIpc) is 3.08. The molecule has 2 heterocycles. The lowest BCUT2D eigenvalue weighted by atomic mass is 9.75. The second-order valence-electron chi connectivity index (χ2n) is 9.37. The number of hydrogen-bond acceptors (Lipinski definition) is 6. The Balaban J connectivity index is 1.79. The fourth-order valence-corrected chi connectivity index (χ4v) is 4.57. The maximum Gasteiger partial charge on any atom is 0.435 e. The van der Waals surface area contributed by atoms with E-state index in [1.54, 1.807) is 6.07 Å². The molecule has 0 saturated heterocycles. The highest BCUT2D eigenvalue weighted by atomic mass is 19.4. The number of hydrogen-bond donors (Lipinski definition) is 2. The number of carbonyl (C=O) groups is 1. The van der Waals surface area contributed by atoms with E-state index in [1.807, 2.05) is 19.9 Å². The van der Waals surface area contributed by atoms with Crippen LogP contribution < -0.4 is 5.32 Å². The van der Waals surface area contributed by atoms with E-state index in [0.29, 0.717) is 31.4 Å². The molecule has 0 bridgehead atoms. The number of nitrogens with zero attached hydrogens (tertiary/aromatic N) is 4. The summed E-state index contributed by atoms with van der Waals surface area (Å²) >= 11 is 0. The second-order valence-corrected chi connectivity index (χ2v) is 9.37. The van der Waals surface area contributed by atoms with E-state index in [9.17, 15) is 28.3 Å². The number of nitrogens with one attached hydrogen (secondary N) is 1. The molecule has 0 spiro atoms. The van der Waals surface area contributed by atoms with Crippen molar-refractivity contribution in [3.8, 4) is 11.8 Å². The van der Waals surface area contributed by atoms with Crippen molar-refractivity contribution in [2.24, 2.45) is 5.41 Å². The number of pyridine rings is 1. The summed E-state index contributed by atoms with van der Waals surface area (Å²) in [4.78, 5) is 16.8. The van der Waals surface area contributed by atoms with E-state index in [4.69, 9.17) is 0 Å². The highest BCUT2D eigenvalue weighted by molar-refractivity contribution is 6.00. The van der Waals surface area contributed by atoms with Gasteiger partial charge in [-0.2, -0.15) is 23.5 Å². The molecule has 0 amide bonds. The fourth-order valence-electron chi connectivity index (χ4n) is 4.57. The van der Waals surface area contributed by atoms with Crippen molar-refractivity contribution < 1.29 is 23.1 Å². The van der Waals surface area contributed by atoms with Crippen molar-refractivity contribution >= 4 is 11.5 Å². The minimum atomic E-state index is -4.77. The normalized spacial score (nSPS) is 22.8. The number of nitriles is 1. The number of carbonyl (C=O) groups excluding carboxylic acids is 1. The van der Waals surface area contributed by atoms with Crippen LogP contribution in [0.15, 0.2) is 12.3 Å². The van der Waals surface area contributed by atoms with Crippen LogP contribution >= 0.6 is 0 Å². The second kappa shape index (κ2) is 7.89. The fraction of sp³-hybridized carbons (Fsp3) is 0.545. The lowest BCUT2D eigenvalue weighted by Crippen LogP contribution is -2.29. The Morgan fingerprint density at radius 1 is 1.25 bits per heavy atom. The number of ketones is 1. The molecule has 2 aliphatic rings. The molecule has 2 aromatic heterocycles. The average molecular weight is 447 g/mol. The van der Waals surface area contributed by atoms with Gasteiger partial charge in [-0.15, -0.1) is 0 Å². The largest absolute Gasteiger partial charge is 0.435 e. The Morgan fingerprint density at radius 3 is 2.56 bits per heavy atom. The number of fused-ring (bicyclic) bond motifs is 1. The molecular formula is C22H24F3N5O2. The van der Waals surface area contributed by atoms with Gasteiger partial charge in [0.1, 0.15) is 6.07 Å². The number of anilines is 1. The van der Waals surface area contributed by atoms with Gasteiger partial charge in [0.25, 0.3) is 0 Å². The van der Waals surface area contributed by atoms with Crippen LogP contribution in [0.2, 0.25) is 0 Å². The molecule has 2 N–H and O–H groups in total. The molecule has 1 saturated carbocycles. The monoisotopic (exact) mass is 447 g/mol. The summed E-state index contributed by atoms with van der Waals surface area (Å²) in [7, 11) is 0. The topological polar surface area (TPSA) is 104 Å². The Labute approximate surface area is 183 Å². The highest BCUT2D eigenvalue weighted by Gasteiger charge is 2.45. The Bertz CT molecular complexity index is 1090. The van der Waals surface area contributed by atoms with E-state index >= 15 is 0 Å². The van der Waals surface area contributed by atoms with Gasteiger partial charge >= 0.3 is 6.18 Å². The van der Waals surface area contributed by atoms with Crippen molar-refractivity contribution in [3.05, 3.63) is 34.9 Å². The predicted molar refractivity (Wildman–Crippen MR) is 109 cm³/mol. The van der Waals surface area contributed by atoms with Gasteiger partial charge in [0, 0.05) is 12.5 Å². The zero-order valence-corrected chi connectivity index (χ0v) is 17.8. The molecule has 2 aromatic rings. The zero-order chi connectivity index (χ0) is 23.3. The SMILES string of the molecule is CC1(C)CC(=O)c2c(C(F)(F)F)nn(-c3cnc(C#N)c(NC4CCC(O)CC4)c3)c2C1. The minimum Gasteiger partial charge on any atom is -0.393 e. The predicted octanol–water partition coefficient (Wildman–Crippen LogP) is 4.03. The van der Waals surface area contributed by atoms with Crippen molar-refractivity contribution in [2.75, 3.05) is 5.32 Å². The van der Waals surface area contributed by atoms with Gasteiger partial charge < -0.3 is 10.4 Å². The first kappa shape index (κ1) is 22.3. The molecule has 170 valence electrons. The lowest BCUT2D eigenvalue weighted by Gasteiger charge is -2.29. The van der Waals surface area contributed by atoms with Crippen molar-refractivity contribution in [3.63, 3.8) is 0 Å². The third-order valence-corrected chi connectivity index (χ3v) is 6.09. The zero-order valence-electron chi connectivity index (χ0n) is 17.8. The number of aliphatic hydroxyl groups excluding tert-OH is 1. The molecule has 1 fully saturated rings. The third kappa shape index (κ3) is 4.21. The van der Waals surface area contributed by atoms with Crippen LogP contribution in [-0.2, 0) is 12.6 Å². The molecule has 0 aromatic carbocycles. The number of halogens is 3. The molecule has 0 aliphatic heterocycles. The van der Waals surface area contributed by atoms with E-state index in [-0.39, 0.29) is 47.6 Å². The summed E-state index contributed by atoms with van der Waals surface area (Å²) in [6.45, 7) is 3.67. The smallest absolute Gasteiger partial charge is 0.393 e. The molecule has 0 unspecified atom stereocenters. The van der Waals surface area contributed by atoms with Gasteiger partial charge in [-0.1, -0.05) is 13.8 Å². The van der Waals surface area contributed by atoms with Gasteiger partial charge in [-0.25, -0.2) is 9.67 Å². The van der Waals surface area contributed by atoms with E-state index in [0.717, 1.165) is 4.68 Å². The molecule has 32 heavy (non-hydrogen) atoms. The van der Waals surface area contributed by atoms with Gasteiger partial charge in [0.15, 0.2) is 17.2 Å². The Hall–Kier alpha value is -2.93. The van der Waals surface area contributed by atoms with Gasteiger partial charge in [0.05, 0.1) is 34.9 Å². The highest BCUT2D eigenvalue weighted by Crippen LogP contribution is 2.42. The lowest BCUT2D eigenvalue weighted by molar-refractivity contribution is -0.141. The number of rotatable bonds is 3. The standard InChI is InChI=1S/C22H24F3N5O2/c1-21(2)8-17-19(18(32)9-21)20(22(23,24)25)29-30(17)13-7-15(16(10-26)27-11-13)28-12-3-5-14(31)6-4-12/h7,11-12,14,28,31H,3-6,8-9H2,1-2H3. The van der Waals surface area contributed by atoms with Crippen LogP contribution in [0, 0.1) is 16.7 Å². The third-order valence-electron chi connectivity index (χ3n) is 6.09. The first-order chi connectivity index (χ1) is 15.0. The minimum absolute atomic E-state index is 0.0142. The van der Waals surface area contributed by atoms with Gasteiger partial charge in [0.2, 0.25) is 0 Å². The molecule has 0 atom stereocenters. The number of aromatic nitrogens is 3. The van der Waals surface area contributed by atoms with Crippen LogP contribution in [0.5, 0.6) is 0 Å². The molecule has 2 aliphatic carbocycles. The summed E-state index contributed by atoms with van der Waals surface area (Å²) in [5.41, 5.74) is -1.10. The summed E-state index contributed by atoms with van der Waals surface area (Å²) in [6.07, 6.45) is -0.879. The van der Waals surface area contributed by atoms with Crippen LogP contribution in [0.1, 0.15) is 73.4 Å². The number of alkyl halides is 3. The summed E-state index contributed by atoms with van der Waals surface area (Å²) in [5, 5.41) is 26.2. The van der Waals surface area contributed by atoms with Crippen molar-refractivity contribution in [2.45, 2.75) is 70.7 Å². The van der Waals surface area contributed by atoms with Crippen LogP contribution in [-0.4, -0.2) is 37.8 Å². The molecule has 10 heteroatoms. The van der Waals surface area contributed by atoms with Crippen LogP contribution in [0.4, 0.5) is 18.9 Å². The number of Topliss-reactive ketones (excluding diaryl/α,β-unsaturated/α-hetero) is 1. The number of aliphatic hydroxyl groups is 1. The molecule has 4 rings (SSSR count). The van der Waals surface area contributed by atoms with Crippen molar-refractivity contribution in [1.29, 1.82) is 5.26 Å². The first-order valence-electron chi connectivity index (χ1n) is 10.6. The van der Waals surface area contributed by atoms with Crippen LogP contribution in [0.25, 0.3) is 5.69 Å². The van der Waals surface area contributed by atoms with Crippen LogP contribution in [0.3, 0.4) is 0 Å². The van der Waals surface area contributed by atoms with E-state index in [2.05, 4.69) is 15.4 Å². The summed E-state index contributed by atoms with van der Waals surface area (Å²) in [6, 6.07) is 3.56. The molecule has 0 radical (unpaired) electrons. The van der Waals surface area contributed by atoms with Gasteiger partial charge in [-0.3, -0.25) is 4.79 Å². The van der Waals surface area contributed by atoms with E-state index < -0.39 is 23.1 Å².